The topological polar surface area (TPSA) is 26.3 Å². The molecule has 0 amide bonds. The average Bonchev–Trinajstić information content (AvgIpc) is 2.74. The second-order valence-corrected chi connectivity index (χ2v) is 4.80. The summed E-state index contributed by atoms with van der Waals surface area (Å²) >= 11 is 0. The lowest BCUT2D eigenvalue weighted by molar-refractivity contribution is 0.457. The summed E-state index contributed by atoms with van der Waals surface area (Å²) in [5.74, 6) is 3.20. The van der Waals surface area contributed by atoms with Gasteiger partial charge in [-0.15, -0.1) is 0 Å². The predicted molar refractivity (Wildman–Crippen MR) is 68.5 cm³/mol. The molecule has 17 heavy (non-hydrogen) atoms. The summed E-state index contributed by atoms with van der Waals surface area (Å²) in [5, 5.41) is 0. The highest BCUT2D eigenvalue weighted by atomic mass is 16.3. The fourth-order valence-corrected chi connectivity index (χ4v) is 2.08. The molecule has 0 unspecified atom stereocenters. The molecule has 2 heteroatoms. The van der Waals surface area contributed by atoms with Crippen LogP contribution in [0.4, 0.5) is 0 Å². The second-order valence-electron chi connectivity index (χ2n) is 4.80. The van der Waals surface area contributed by atoms with Crippen LogP contribution in [0.15, 0.2) is 15.1 Å². The van der Waals surface area contributed by atoms with Crippen LogP contribution in [-0.4, -0.2) is 0 Å². The number of furan rings is 2. The summed E-state index contributed by atoms with van der Waals surface area (Å²) in [7, 11) is 0. The lowest BCUT2D eigenvalue weighted by Crippen LogP contribution is -1.92. The SMILES string of the molecule is Cc1coc(CCc2oc(C)c(C)c2C)c1C. The molecule has 0 saturated heterocycles. The fourth-order valence-electron chi connectivity index (χ4n) is 2.08. The number of hydrogen-bond acceptors (Lipinski definition) is 2. The van der Waals surface area contributed by atoms with Gasteiger partial charge in [-0.25, -0.2) is 0 Å². The zero-order chi connectivity index (χ0) is 12.6. The minimum absolute atomic E-state index is 0.910. The Bertz CT molecular complexity index is 529. The zero-order valence-corrected chi connectivity index (χ0v) is 11.3. The summed E-state index contributed by atoms with van der Waals surface area (Å²) in [6.07, 6.45) is 3.65. The molecular formula is C15H20O2. The van der Waals surface area contributed by atoms with Gasteiger partial charge >= 0.3 is 0 Å². The van der Waals surface area contributed by atoms with Crippen LogP contribution < -0.4 is 0 Å². The van der Waals surface area contributed by atoms with Gasteiger partial charge in [-0.05, 0) is 56.9 Å². The van der Waals surface area contributed by atoms with E-state index < -0.39 is 0 Å². The van der Waals surface area contributed by atoms with Crippen molar-refractivity contribution in [1.82, 2.24) is 0 Å². The third-order valence-corrected chi connectivity index (χ3v) is 3.75. The highest BCUT2D eigenvalue weighted by Gasteiger charge is 2.12. The molecule has 2 heterocycles. The van der Waals surface area contributed by atoms with Crippen LogP contribution in [0.2, 0.25) is 0 Å². The Balaban J connectivity index is 2.12. The van der Waals surface area contributed by atoms with Crippen LogP contribution in [0.1, 0.15) is 39.5 Å². The monoisotopic (exact) mass is 232 g/mol. The van der Waals surface area contributed by atoms with Crippen LogP contribution in [-0.2, 0) is 12.8 Å². The van der Waals surface area contributed by atoms with E-state index in [-0.39, 0.29) is 0 Å². The van der Waals surface area contributed by atoms with Crippen molar-refractivity contribution in [1.29, 1.82) is 0 Å². The molecule has 0 radical (unpaired) electrons. The normalized spacial score (nSPS) is 11.1. The van der Waals surface area contributed by atoms with Gasteiger partial charge in [0, 0.05) is 12.8 Å². The van der Waals surface area contributed by atoms with E-state index in [1.165, 1.54) is 22.3 Å². The molecule has 92 valence electrons. The maximum absolute atomic E-state index is 5.77. The lowest BCUT2D eigenvalue weighted by Gasteiger charge is -1.99. The number of hydrogen-bond donors (Lipinski definition) is 0. The molecule has 0 fully saturated rings. The van der Waals surface area contributed by atoms with Crippen LogP contribution in [0, 0.1) is 34.6 Å². The Morgan fingerprint density at radius 1 is 0.824 bits per heavy atom. The number of aryl methyl sites for hydroxylation is 4. The summed E-state index contributed by atoms with van der Waals surface area (Å²) < 4.78 is 11.3. The predicted octanol–water partition coefficient (Wildman–Crippen LogP) is 4.20. The van der Waals surface area contributed by atoms with Crippen molar-refractivity contribution < 1.29 is 8.83 Å². The smallest absolute Gasteiger partial charge is 0.107 e. The van der Waals surface area contributed by atoms with Gasteiger partial charge in [-0.1, -0.05) is 0 Å². The Morgan fingerprint density at radius 3 is 1.94 bits per heavy atom. The van der Waals surface area contributed by atoms with Crippen LogP contribution in [0.3, 0.4) is 0 Å². The Labute approximate surface area is 103 Å². The molecule has 2 nitrogen and oxygen atoms in total. The van der Waals surface area contributed by atoms with E-state index in [0.29, 0.717) is 0 Å². The second kappa shape index (κ2) is 4.44. The molecule has 0 aliphatic rings. The third-order valence-electron chi connectivity index (χ3n) is 3.75. The molecule has 0 bridgehead atoms. The molecule has 0 N–H and O–H groups in total. The van der Waals surface area contributed by atoms with E-state index in [2.05, 4.69) is 27.7 Å². The van der Waals surface area contributed by atoms with E-state index in [1.807, 2.05) is 13.2 Å². The highest BCUT2D eigenvalue weighted by molar-refractivity contribution is 5.31. The van der Waals surface area contributed by atoms with Crippen molar-refractivity contribution in [2.45, 2.75) is 47.5 Å². The van der Waals surface area contributed by atoms with Crippen molar-refractivity contribution in [3.8, 4) is 0 Å². The fraction of sp³-hybridized carbons (Fsp3) is 0.467. The van der Waals surface area contributed by atoms with Gasteiger partial charge in [0.05, 0.1) is 6.26 Å². The Morgan fingerprint density at radius 2 is 1.47 bits per heavy atom. The molecule has 0 atom stereocenters. The van der Waals surface area contributed by atoms with Crippen molar-refractivity contribution in [2.24, 2.45) is 0 Å². The maximum Gasteiger partial charge on any atom is 0.107 e. The summed E-state index contributed by atoms with van der Waals surface area (Å²) in [5.41, 5.74) is 5.04. The Hall–Kier alpha value is -1.44. The van der Waals surface area contributed by atoms with E-state index in [9.17, 15) is 0 Å². The quantitative estimate of drug-likeness (QED) is 0.792. The molecule has 0 aliphatic carbocycles. The Kier molecular flexibility index (Phi) is 3.14. The summed E-state index contributed by atoms with van der Waals surface area (Å²) in [6.45, 7) is 10.4. The van der Waals surface area contributed by atoms with Gasteiger partial charge in [0.25, 0.3) is 0 Å². The molecule has 2 rings (SSSR count). The average molecular weight is 232 g/mol. The van der Waals surface area contributed by atoms with Crippen LogP contribution in [0.5, 0.6) is 0 Å². The van der Waals surface area contributed by atoms with E-state index in [4.69, 9.17) is 8.83 Å². The van der Waals surface area contributed by atoms with Gasteiger partial charge in [0.2, 0.25) is 0 Å². The van der Waals surface area contributed by atoms with Gasteiger partial charge < -0.3 is 8.83 Å². The van der Waals surface area contributed by atoms with Crippen molar-refractivity contribution in [2.75, 3.05) is 0 Å². The molecule has 0 aliphatic heterocycles. The van der Waals surface area contributed by atoms with E-state index in [1.54, 1.807) is 0 Å². The van der Waals surface area contributed by atoms with Crippen LogP contribution >= 0.6 is 0 Å². The first-order chi connectivity index (χ1) is 8.00. The minimum atomic E-state index is 0.910. The molecule has 0 spiro atoms. The van der Waals surface area contributed by atoms with Crippen molar-refractivity contribution >= 4 is 0 Å². The molecular weight excluding hydrogens is 212 g/mol. The summed E-state index contributed by atoms with van der Waals surface area (Å²) in [6, 6.07) is 0. The van der Waals surface area contributed by atoms with Crippen LogP contribution in [0.25, 0.3) is 0 Å². The van der Waals surface area contributed by atoms with Gasteiger partial charge in [-0.2, -0.15) is 0 Å². The van der Waals surface area contributed by atoms with E-state index >= 15 is 0 Å². The first-order valence-corrected chi connectivity index (χ1v) is 6.09. The molecule has 2 aromatic rings. The van der Waals surface area contributed by atoms with Crippen molar-refractivity contribution in [3.63, 3.8) is 0 Å². The summed E-state index contributed by atoms with van der Waals surface area (Å²) in [4.78, 5) is 0. The largest absolute Gasteiger partial charge is 0.469 e. The van der Waals surface area contributed by atoms with Crippen molar-refractivity contribution in [3.05, 3.63) is 45.8 Å². The standard InChI is InChI=1S/C15H20O2/c1-9-8-16-14(10(9)2)6-7-15-12(4)11(3)13(5)17-15/h8H,6-7H2,1-5H3. The van der Waals surface area contributed by atoms with Gasteiger partial charge in [-0.3, -0.25) is 0 Å². The molecule has 2 aromatic heterocycles. The molecule has 0 saturated carbocycles. The van der Waals surface area contributed by atoms with Gasteiger partial charge in [0.15, 0.2) is 0 Å². The highest BCUT2D eigenvalue weighted by Crippen LogP contribution is 2.23. The first-order valence-electron chi connectivity index (χ1n) is 6.09. The van der Waals surface area contributed by atoms with Gasteiger partial charge in [0.1, 0.15) is 17.3 Å². The van der Waals surface area contributed by atoms with E-state index in [0.717, 1.165) is 30.1 Å². The first kappa shape index (κ1) is 12.0. The maximum atomic E-state index is 5.77. The number of rotatable bonds is 3. The third kappa shape index (κ3) is 2.17. The lowest BCUT2D eigenvalue weighted by atomic mass is 10.1. The molecule has 0 aromatic carbocycles. The minimum Gasteiger partial charge on any atom is -0.469 e. The zero-order valence-electron chi connectivity index (χ0n) is 11.3.